The Morgan fingerprint density at radius 3 is 0.574 bits per heavy atom. The Bertz CT molecular complexity index is 8860. The Hall–Kier alpha value is -19.2. The molecule has 660 valence electrons. The average Bonchev–Trinajstić information content (AvgIpc) is 1.60. The maximum absolute atomic E-state index is 6.40. The van der Waals surface area contributed by atoms with E-state index < -0.39 is 0 Å². The highest BCUT2D eigenvalue weighted by Gasteiger charge is 2.25. The van der Waals surface area contributed by atoms with Crippen LogP contribution in [0.1, 0.15) is 0 Å². The Morgan fingerprint density at radius 1 is 0.128 bits per heavy atom. The molecule has 18 aromatic carbocycles. The maximum Gasteiger partial charge on any atom is 0.164 e. The standard InChI is InChI=1S/2C43H27N3O.C42H26N4O/c1-3-11-30(12-4-1)37-27-38(31-13-5-2-6-14-31)46-43(45-37)33-25-21-29(22-26-33)28-19-23-32(24-20-28)41-40-35-16-8-10-18-39(35)47-42(40)34-15-7-9-17-36(34)44-41;1-3-11-28(12-4-1)29-19-21-31(22-20-29)38-27-37(30-13-5-2-6-14-30)45-43(46-38)33-25-23-32(24-26-33)41-40-35-16-8-10-18-39(35)47-42(40)34-15-7-9-17-36(34)44-41;1-3-11-30(12-4-1)40-44-41(31-13-5-2-6-14-31)46-42(45-40)32-25-21-28(22-26-32)27-19-23-29(24-20-27)38-37-34-16-8-10-18-36(34)47-39(37)33-15-7-9-17-35(33)43-38/h2*1-27H;1-26H. The molecule has 0 atom stereocenters. The molecule has 0 fully saturated rings. The van der Waals surface area contributed by atoms with E-state index in [1.165, 1.54) is 11.1 Å². The molecular formula is C128H80N10O3. The Morgan fingerprint density at radius 2 is 0.305 bits per heavy atom. The van der Waals surface area contributed by atoms with E-state index in [1.54, 1.807) is 0 Å². The number of pyridine rings is 3. The first-order chi connectivity index (χ1) is 69.8. The number of furan rings is 3. The van der Waals surface area contributed by atoms with Gasteiger partial charge in [0.2, 0.25) is 0 Å². The fourth-order valence-electron chi connectivity index (χ4n) is 18.9. The summed E-state index contributed by atoms with van der Waals surface area (Å²) in [6.07, 6.45) is 0. The van der Waals surface area contributed by atoms with Crippen LogP contribution in [-0.4, -0.2) is 49.8 Å². The number of hydrogen-bond donors (Lipinski definition) is 0. The van der Waals surface area contributed by atoms with Gasteiger partial charge in [-0.15, -0.1) is 0 Å². The highest BCUT2D eigenvalue weighted by Crippen LogP contribution is 2.46. The largest absolute Gasteiger partial charge is 0.455 e. The summed E-state index contributed by atoms with van der Waals surface area (Å²) in [6, 6.07) is 166. The summed E-state index contributed by atoms with van der Waals surface area (Å²) in [4.78, 5) is 50.1. The summed E-state index contributed by atoms with van der Waals surface area (Å²) >= 11 is 0. The lowest BCUT2D eigenvalue weighted by Crippen LogP contribution is -2.00. The van der Waals surface area contributed by atoms with E-state index in [9.17, 15) is 0 Å². The van der Waals surface area contributed by atoms with Gasteiger partial charge >= 0.3 is 0 Å². The molecule has 27 rings (SSSR count). The molecule has 0 spiro atoms. The van der Waals surface area contributed by atoms with Crippen molar-refractivity contribution in [3.05, 3.63) is 485 Å². The minimum Gasteiger partial charge on any atom is -0.455 e. The van der Waals surface area contributed by atoms with Crippen LogP contribution in [0.5, 0.6) is 0 Å². The van der Waals surface area contributed by atoms with Gasteiger partial charge in [0.15, 0.2) is 29.1 Å². The van der Waals surface area contributed by atoms with Gasteiger partial charge in [0, 0.05) is 99.1 Å². The molecule has 0 saturated heterocycles. The van der Waals surface area contributed by atoms with Crippen LogP contribution in [0.2, 0.25) is 0 Å². The smallest absolute Gasteiger partial charge is 0.164 e. The van der Waals surface area contributed by atoms with Crippen LogP contribution in [0.25, 0.3) is 268 Å². The third-order valence-electron chi connectivity index (χ3n) is 26.0. The predicted octanol–water partition coefficient (Wildman–Crippen LogP) is 33.2. The molecule has 0 saturated carbocycles. The lowest BCUT2D eigenvalue weighted by Gasteiger charge is -2.11. The zero-order chi connectivity index (χ0) is 93.5. The van der Waals surface area contributed by atoms with Gasteiger partial charge in [-0.3, -0.25) is 0 Å². The van der Waals surface area contributed by atoms with Gasteiger partial charge in [0.25, 0.3) is 0 Å². The highest BCUT2D eigenvalue weighted by molar-refractivity contribution is 6.22. The number of nitrogens with zero attached hydrogens (tertiary/aromatic N) is 10. The van der Waals surface area contributed by atoms with Crippen LogP contribution in [0.3, 0.4) is 0 Å². The molecule has 0 radical (unpaired) electrons. The minimum atomic E-state index is 0.637. The summed E-state index contributed by atoms with van der Waals surface area (Å²) in [5, 5.41) is 9.36. The molecule has 0 aliphatic rings. The average molecular weight is 1810 g/mol. The number of fused-ring (bicyclic) bond motifs is 15. The molecule has 0 amide bonds. The van der Waals surface area contributed by atoms with Crippen molar-refractivity contribution < 1.29 is 13.3 Å². The Kier molecular flexibility index (Phi) is 21.6. The molecule has 0 N–H and O–H groups in total. The quantitative estimate of drug-likeness (QED) is 0.0951. The molecule has 0 aliphatic carbocycles. The van der Waals surface area contributed by atoms with Crippen LogP contribution in [0, 0.1) is 0 Å². The first-order valence-corrected chi connectivity index (χ1v) is 47.0. The summed E-state index contributed by atoms with van der Waals surface area (Å²) in [5.74, 6) is 3.31. The second-order valence-electron chi connectivity index (χ2n) is 34.7. The molecule has 0 aliphatic heterocycles. The molecule has 9 aromatic heterocycles. The summed E-state index contributed by atoms with van der Waals surface area (Å²) in [6.45, 7) is 0. The second kappa shape index (κ2) is 36.5. The van der Waals surface area contributed by atoms with Crippen LogP contribution in [0.4, 0.5) is 0 Å². The normalized spacial score (nSPS) is 11.4. The number of aromatic nitrogens is 10. The van der Waals surface area contributed by atoms with Crippen LogP contribution < -0.4 is 0 Å². The van der Waals surface area contributed by atoms with Crippen molar-refractivity contribution >= 4 is 98.5 Å². The van der Waals surface area contributed by atoms with E-state index in [1.807, 2.05) is 224 Å². The number of rotatable bonds is 15. The van der Waals surface area contributed by atoms with Crippen molar-refractivity contribution in [3.63, 3.8) is 0 Å². The Balaban J connectivity index is 0.000000111. The summed E-state index contributed by atoms with van der Waals surface area (Å²) in [7, 11) is 0. The second-order valence-corrected chi connectivity index (χ2v) is 34.7. The SMILES string of the molecule is c1ccc(-c2cc(-c3ccccc3)nc(-c3ccc(-c4ccc(-c5nc6ccccc6c6oc7ccccc7c56)cc4)cc3)n2)cc1.c1ccc(-c2ccc(-c3cc(-c4ccccc4)nc(-c4ccc(-c5nc6ccccc6c6oc7ccccc7c56)cc4)n3)cc2)cc1.c1ccc(-c2nc(-c3ccccc3)nc(-c3ccc(-c4ccc(-c5nc6ccccc6c6oc7ccccc7c56)cc4)cc3)n2)cc1. The van der Waals surface area contributed by atoms with E-state index in [4.69, 9.17) is 63.1 Å². The number of hydrogen-bond acceptors (Lipinski definition) is 13. The maximum atomic E-state index is 6.40. The van der Waals surface area contributed by atoms with Crippen LogP contribution in [-0.2, 0) is 0 Å². The molecule has 0 unspecified atom stereocenters. The van der Waals surface area contributed by atoms with Crippen molar-refractivity contribution in [1.29, 1.82) is 0 Å². The summed E-state index contributed by atoms with van der Waals surface area (Å²) in [5.41, 5.74) is 33.1. The van der Waals surface area contributed by atoms with Gasteiger partial charge in [0.05, 0.1) is 72.6 Å². The third kappa shape index (κ3) is 16.3. The van der Waals surface area contributed by atoms with Gasteiger partial charge in [-0.25, -0.2) is 49.8 Å². The zero-order valence-corrected chi connectivity index (χ0v) is 75.9. The van der Waals surface area contributed by atoms with E-state index in [2.05, 4.69) is 261 Å². The number of para-hydroxylation sites is 6. The van der Waals surface area contributed by atoms with Crippen molar-refractivity contribution in [1.82, 2.24) is 49.8 Å². The third-order valence-corrected chi connectivity index (χ3v) is 26.0. The highest BCUT2D eigenvalue weighted by atomic mass is 16.3. The molecule has 9 heterocycles. The van der Waals surface area contributed by atoms with Crippen molar-refractivity contribution in [2.45, 2.75) is 0 Å². The molecular weight excluding hydrogens is 1730 g/mol. The van der Waals surface area contributed by atoms with E-state index in [0.29, 0.717) is 29.1 Å². The van der Waals surface area contributed by atoms with Gasteiger partial charge in [-0.05, 0) is 100 Å². The number of benzene rings is 18. The first kappa shape index (κ1) is 83.6. The molecule has 13 heteroatoms. The zero-order valence-electron chi connectivity index (χ0n) is 75.9. The minimum absolute atomic E-state index is 0.637. The first-order valence-electron chi connectivity index (χ1n) is 47.0. The fourth-order valence-corrected chi connectivity index (χ4v) is 18.9. The lowest BCUT2D eigenvalue weighted by molar-refractivity contribution is 0.672. The summed E-state index contributed by atoms with van der Waals surface area (Å²) < 4.78 is 19.2. The molecule has 13 nitrogen and oxygen atoms in total. The van der Waals surface area contributed by atoms with Crippen LogP contribution >= 0.6 is 0 Å². The van der Waals surface area contributed by atoms with Gasteiger partial charge in [0.1, 0.15) is 33.5 Å². The van der Waals surface area contributed by atoms with Crippen molar-refractivity contribution in [2.24, 2.45) is 0 Å². The van der Waals surface area contributed by atoms with E-state index in [0.717, 1.165) is 227 Å². The van der Waals surface area contributed by atoms with Crippen LogP contribution in [0.15, 0.2) is 499 Å². The fraction of sp³-hybridized carbons (Fsp3) is 0. The Labute approximate surface area is 810 Å². The van der Waals surface area contributed by atoms with Gasteiger partial charge in [-0.2, -0.15) is 0 Å². The van der Waals surface area contributed by atoms with Gasteiger partial charge < -0.3 is 13.3 Å². The molecule has 141 heavy (non-hydrogen) atoms. The monoisotopic (exact) mass is 1800 g/mol. The topological polar surface area (TPSA) is 168 Å². The lowest BCUT2D eigenvalue weighted by atomic mass is 9.98. The predicted molar refractivity (Wildman–Crippen MR) is 573 cm³/mol. The van der Waals surface area contributed by atoms with Crippen molar-refractivity contribution in [3.8, 4) is 169 Å². The van der Waals surface area contributed by atoms with E-state index in [-0.39, 0.29) is 0 Å². The van der Waals surface area contributed by atoms with Crippen molar-refractivity contribution in [2.75, 3.05) is 0 Å². The van der Waals surface area contributed by atoms with Gasteiger partial charge in [-0.1, -0.05) is 419 Å². The molecule has 0 bridgehead atoms. The van der Waals surface area contributed by atoms with E-state index >= 15 is 0 Å². The molecule has 27 aromatic rings.